The third-order valence-electron chi connectivity index (χ3n) is 3.82. The Morgan fingerprint density at radius 3 is 2.27 bits per heavy atom. The smallest absolute Gasteiger partial charge is 0.337 e. The zero-order chi connectivity index (χ0) is 18.6. The van der Waals surface area contributed by atoms with Crippen molar-refractivity contribution in [1.29, 1.82) is 0 Å². The van der Waals surface area contributed by atoms with Gasteiger partial charge in [-0.15, -0.1) is 11.3 Å². The summed E-state index contributed by atoms with van der Waals surface area (Å²) in [5.41, 5.74) is 1.15. The molecule has 3 aromatic rings. The van der Waals surface area contributed by atoms with Crippen LogP contribution in [0.3, 0.4) is 0 Å². The number of benzene rings is 2. The van der Waals surface area contributed by atoms with Crippen LogP contribution in [0.4, 0.5) is 0 Å². The molecule has 0 aliphatic heterocycles. The van der Waals surface area contributed by atoms with Crippen LogP contribution in [-0.2, 0) is 14.8 Å². The molecule has 26 heavy (non-hydrogen) atoms. The molecule has 0 aliphatic carbocycles. The molecule has 0 radical (unpaired) electrons. The van der Waals surface area contributed by atoms with Gasteiger partial charge in [-0.25, -0.2) is 13.2 Å². The molecule has 1 aromatic heterocycles. The molecule has 0 spiro atoms. The average Bonchev–Trinajstić information content (AvgIpc) is 3.21. The zero-order valence-electron chi connectivity index (χ0n) is 14.0. The van der Waals surface area contributed by atoms with Crippen LogP contribution in [-0.4, -0.2) is 21.5 Å². The maximum atomic E-state index is 12.8. The van der Waals surface area contributed by atoms with Gasteiger partial charge in [0.2, 0.25) is 10.0 Å². The zero-order valence-corrected chi connectivity index (χ0v) is 15.6. The number of rotatable bonds is 6. The lowest BCUT2D eigenvalue weighted by atomic mass is 10.1. The molecule has 1 atom stereocenters. The molecule has 0 bridgehead atoms. The maximum Gasteiger partial charge on any atom is 0.337 e. The van der Waals surface area contributed by atoms with Gasteiger partial charge in [-0.05, 0) is 41.3 Å². The molecule has 0 saturated carbocycles. The minimum absolute atomic E-state index is 0.0858. The number of ether oxygens (including phenoxy) is 1. The van der Waals surface area contributed by atoms with E-state index in [2.05, 4.69) is 9.46 Å². The second-order valence-electron chi connectivity index (χ2n) is 5.50. The highest BCUT2D eigenvalue weighted by molar-refractivity contribution is 7.89. The van der Waals surface area contributed by atoms with Crippen LogP contribution < -0.4 is 4.72 Å². The molecule has 0 fully saturated rings. The monoisotopic (exact) mass is 387 g/mol. The summed E-state index contributed by atoms with van der Waals surface area (Å²) in [7, 11) is -2.50. The van der Waals surface area contributed by atoms with E-state index < -0.39 is 22.0 Å². The summed E-state index contributed by atoms with van der Waals surface area (Å²) < 4.78 is 33.1. The van der Waals surface area contributed by atoms with E-state index in [0.29, 0.717) is 5.56 Å². The number of methoxy groups -OCH3 is 1. The number of carbonyl (C=O) groups is 1. The van der Waals surface area contributed by atoms with Gasteiger partial charge in [0, 0.05) is 4.88 Å². The number of hydrogen-bond acceptors (Lipinski definition) is 5. The number of hydrogen-bond donors (Lipinski definition) is 1. The number of thiophene rings is 1. The first-order valence-corrected chi connectivity index (χ1v) is 10.2. The first-order valence-electron chi connectivity index (χ1n) is 7.80. The summed E-state index contributed by atoms with van der Waals surface area (Å²) in [6.07, 6.45) is 0. The van der Waals surface area contributed by atoms with Crippen molar-refractivity contribution in [2.24, 2.45) is 0 Å². The molecular weight excluding hydrogens is 370 g/mol. The molecular formula is C19H17NO4S2. The second kappa shape index (κ2) is 7.82. The van der Waals surface area contributed by atoms with Crippen molar-refractivity contribution < 1.29 is 17.9 Å². The van der Waals surface area contributed by atoms with E-state index in [1.807, 2.05) is 47.8 Å². The number of carbonyl (C=O) groups excluding carboxylic acids is 1. The van der Waals surface area contributed by atoms with Crippen molar-refractivity contribution in [2.75, 3.05) is 7.11 Å². The summed E-state index contributed by atoms with van der Waals surface area (Å²) in [4.78, 5) is 12.5. The highest BCUT2D eigenvalue weighted by Crippen LogP contribution is 2.28. The summed E-state index contributed by atoms with van der Waals surface area (Å²) in [6.45, 7) is 0. The van der Waals surface area contributed by atoms with Gasteiger partial charge in [-0.1, -0.05) is 36.4 Å². The molecule has 0 aliphatic rings. The molecule has 0 unspecified atom stereocenters. The van der Waals surface area contributed by atoms with Gasteiger partial charge in [0.05, 0.1) is 23.6 Å². The Morgan fingerprint density at radius 1 is 1.00 bits per heavy atom. The van der Waals surface area contributed by atoms with Crippen molar-refractivity contribution in [2.45, 2.75) is 10.9 Å². The fraction of sp³-hybridized carbons (Fsp3) is 0.105. The highest BCUT2D eigenvalue weighted by Gasteiger charge is 2.23. The topological polar surface area (TPSA) is 72.5 Å². The predicted octanol–water partition coefficient (Wildman–Crippen LogP) is 3.60. The summed E-state index contributed by atoms with van der Waals surface area (Å²) in [6, 6.07) is 18.3. The van der Waals surface area contributed by atoms with Gasteiger partial charge in [-0.3, -0.25) is 0 Å². The quantitative estimate of drug-likeness (QED) is 0.656. The minimum Gasteiger partial charge on any atom is -0.465 e. The highest BCUT2D eigenvalue weighted by atomic mass is 32.2. The van der Waals surface area contributed by atoms with E-state index in [1.54, 1.807) is 0 Å². The third kappa shape index (κ3) is 4.01. The van der Waals surface area contributed by atoms with Crippen LogP contribution >= 0.6 is 11.3 Å². The Hall–Kier alpha value is -2.48. The molecule has 1 N–H and O–H groups in total. The molecule has 2 aromatic carbocycles. The van der Waals surface area contributed by atoms with Crippen LogP contribution in [0.15, 0.2) is 77.0 Å². The number of esters is 1. The van der Waals surface area contributed by atoms with Crippen LogP contribution in [0.5, 0.6) is 0 Å². The van der Waals surface area contributed by atoms with Crippen LogP contribution in [0.1, 0.15) is 26.8 Å². The fourth-order valence-corrected chi connectivity index (χ4v) is 4.58. The van der Waals surface area contributed by atoms with Gasteiger partial charge in [0.25, 0.3) is 0 Å². The molecule has 134 valence electrons. The minimum atomic E-state index is -3.78. The SMILES string of the molecule is COC(=O)c1ccc(S(=O)(=O)N[C@H](c2ccccc2)c2cccs2)cc1. The fourth-order valence-electron chi connectivity index (χ4n) is 2.50. The van der Waals surface area contributed by atoms with Crippen molar-refractivity contribution in [3.63, 3.8) is 0 Å². The molecule has 5 nitrogen and oxygen atoms in total. The maximum absolute atomic E-state index is 12.8. The molecule has 7 heteroatoms. The Labute approximate surface area is 156 Å². The lowest BCUT2D eigenvalue weighted by Gasteiger charge is -2.18. The van der Waals surface area contributed by atoms with Crippen molar-refractivity contribution in [3.05, 3.63) is 88.1 Å². The summed E-state index contributed by atoms with van der Waals surface area (Å²) in [5, 5.41) is 1.91. The standard InChI is InChI=1S/C19H17NO4S2/c1-24-19(21)15-9-11-16(12-10-15)26(22,23)20-18(17-8-5-13-25-17)14-6-3-2-4-7-14/h2-13,18,20H,1H3/t18-/m1/s1. The largest absolute Gasteiger partial charge is 0.465 e. The van der Waals surface area contributed by atoms with Crippen LogP contribution in [0.2, 0.25) is 0 Å². The number of sulfonamides is 1. The third-order valence-corrected chi connectivity index (χ3v) is 6.20. The summed E-state index contributed by atoms with van der Waals surface area (Å²) in [5.74, 6) is -0.511. The predicted molar refractivity (Wildman–Crippen MR) is 101 cm³/mol. The van der Waals surface area contributed by atoms with Crippen molar-refractivity contribution in [3.8, 4) is 0 Å². The van der Waals surface area contributed by atoms with E-state index in [4.69, 9.17) is 0 Å². The average molecular weight is 387 g/mol. The van der Waals surface area contributed by atoms with E-state index in [1.165, 1.54) is 42.7 Å². The first kappa shape index (κ1) is 18.3. The molecule has 0 saturated heterocycles. The van der Waals surface area contributed by atoms with E-state index in [-0.39, 0.29) is 4.90 Å². The van der Waals surface area contributed by atoms with Gasteiger partial charge in [-0.2, -0.15) is 4.72 Å². The Bertz CT molecular complexity index is 966. The van der Waals surface area contributed by atoms with Gasteiger partial charge in [0.15, 0.2) is 0 Å². The molecule has 3 rings (SSSR count). The lowest BCUT2D eigenvalue weighted by Crippen LogP contribution is -2.29. The molecule has 1 heterocycles. The van der Waals surface area contributed by atoms with E-state index in [0.717, 1.165) is 10.4 Å². The van der Waals surface area contributed by atoms with Gasteiger partial charge >= 0.3 is 5.97 Å². The normalized spacial score (nSPS) is 12.5. The van der Waals surface area contributed by atoms with E-state index >= 15 is 0 Å². The Balaban J connectivity index is 1.92. The van der Waals surface area contributed by atoms with Gasteiger partial charge < -0.3 is 4.74 Å². The van der Waals surface area contributed by atoms with E-state index in [9.17, 15) is 13.2 Å². The second-order valence-corrected chi connectivity index (χ2v) is 8.19. The van der Waals surface area contributed by atoms with Crippen LogP contribution in [0.25, 0.3) is 0 Å². The lowest BCUT2D eigenvalue weighted by molar-refractivity contribution is 0.0600. The summed E-state index contributed by atoms with van der Waals surface area (Å²) >= 11 is 1.48. The Morgan fingerprint density at radius 2 is 1.69 bits per heavy atom. The van der Waals surface area contributed by atoms with Gasteiger partial charge in [0.1, 0.15) is 0 Å². The van der Waals surface area contributed by atoms with Crippen molar-refractivity contribution >= 4 is 27.3 Å². The number of nitrogens with one attached hydrogen (secondary N) is 1. The van der Waals surface area contributed by atoms with Crippen molar-refractivity contribution in [1.82, 2.24) is 4.72 Å². The first-order chi connectivity index (χ1) is 12.5. The Kier molecular flexibility index (Phi) is 5.51. The molecule has 0 amide bonds. The van der Waals surface area contributed by atoms with Crippen LogP contribution in [0, 0.1) is 0 Å².